The van der Waals surface area contributed by atoms with Crippen molar-refractivity contribution in [1.82, 2.24) is 10.0 Å². The average Bonchev–Trinajstić information content (AvgIpc) is 2.56. The molecule has 2 N–H and O–H groups in total. The Labute approximate surface area is 151 Å². The van der Waals surface area contributed by atoms with Crippen LogP contribution in [0.4, 0.5) is 0 Å². The topological polar surface area (TPSA) is 75.3 Å². The predicted octanol–water partition coefficient (Wildman–Crippen LogP) is 2.39. The third kappa shape index (κ3) is 8.19. The summed E-state index contributed by atoms with van der Waals surface area (Å²) in [5.74, 6) is 6.26. The number of carbonyl (C=O) groups is 1. The monoisotopic (exact) mass is 364 g/mol. The van der Waals surface area contributed by atoms with Crippen molar-refractivity contribution in [3.63, 3.8) is 0 Å². The minimum Gasteiger partial charge on any atom is -0.356 e. The van der Waals surface area contributed by atoms with Gasteiger partial charge in [0, 0.05) is 32.0 Å². The summed E-state index contributed by atoms with van der Waals surface area (Å²) >= 11 is 0. The Morgan fingerprint density at radius 2 is 1.80 bits per heavy atom. The highest BCUT2D eigenvalue weighted by Crippen LogP contribution is 2.15. The molecule has 0 aromatic heterocycles. The van der Waals surface area contributed by atoms with Gasteiger partial charge in [-0.25, -0.2) is 13.1 Å². The standard InChI is InChI=1S/C19H28N2O3S/c1-15(2)25(23,24)21-14-16(3)19-11-9-18(10-12-19)8-6-5-7-13-20-17(4)22/h9-12,15-16,21H,5,7,13-14H2,1-4H3,(H,20,22). The van der Waals surface area contributed by atoms with Gasteiger partial charge in [0.05, 0.1) is 5.25 Å². The van der Waals surface area contributed by atoms with Gasteiger partial charge in [0.2, 0.25) is 15.9 Å². The van der Waals surface area contributed by atoms with Gasteiger partial charge in [-0.1, -0.05) is 30.9 Å². The Morgan fingerprint density at radius 3 is 2.36 bits per heavy atom. The summed E-state index contributed by atoms with van der Waals surface area (Å²) in [6.45, 7) is 7.85. The quantitative estimate of drug-likeness (QED) is 0.549. The molecule has 5 nitrogen and oxygen atoms in total. The molecule has 138 valence electrons. The van der Waals surface area contributed by atoms with E-state index in [0.29, 0.717) is 13.1 Å². The van der Waals surface area contributed by atoms with Crippen molar-refractivity contribution in [3.8, 4) is 11.8 Å². The lowest BCUT2D eigenvalue weighted by Crippen LogP contribution is -2.33. The molecule has 0 radical (unpaired) electrons. The molecular weight excluding hydrogens is 336 g/mol. The SMILES string of the molecule is CC(=O)NCCCC#Cc1ccc(C(C)CNS(=O)(=O)C(C)C)cc1. The fraction of sp³-hybridized carbons (Fsp3) is 0.526. The van der Waals surface area contributed by atoms with Crippen LogP contribution in [0.15, 0.2) is 24.3 Å². The molecule has 0 aliphatic rings. The van der Waals surface area contributed by atoms with E-state index in [0.717, 1.165) is 24.0 Å². The van der Waals surface area contributed by atoms with Crippen LogP contribution in [0, 0.1) is 11.8 Å². The number of unbranched alkanes of at least 4 members (excludes halogenated alkanes) is 1. The summed E-state index contributed by atoms with van der Waals surface area (Å²) in [6.07, 6.45) is 1.56. The fourth-order valence-electron chi connectivity index (χ4n) is 2.03. The van der Waals surface area contributed by atoms with Crippen LogP contribution in [-0.2, 0) is 14.8 Å². The van der Waals surface area contributed by atoms with Gasteiger partial charge in [0.1, 0.15) is 0 Å². The Balaban J connectivity index is 2.49. The summed E-state index contributed by atoms with van der Waals surface area (Å²) in [5, 5.41) is 2.31. The number of rotatable bonds is 8. The van der Waals surface area contributed by atoms with E-state index in [-0.39, 0.29) is 11.8 Å². The van der Waals surface area contributed by atoms with E-state index in [4.69, 9.17) is 0 Å². The highest BCUT2D eigenvalue weighted by molar-refractivity contribution is 7.90. The molecular formula is C19H28N2O3S. The number of carbonyl (C=O) groups excluding carboxylic acids is 1. The third-order valence-corrected chi connectivity index (χ3v) is 5.59. The molecule has 1 aromatic carbocycles. The number of benzene rings is 1. The lowest BCUT2D eigenvalue weighted by molar-refractivity contribution is -0.118. The highest BCUT2D eigenvalue weighted by atomic mass is 32.2. The van der Waals surface area contributed by atoms with Gasteiger partial charge < -0.3 is 5.32 Å². The highest BCUT2D eigenvalue weighted by Gasteiger charge is 2.16. The van der Waals surface area contributed by atoms with E-state index in [1.165, 1.54) is 6.92 Å². The molecule has 1 amide bonds. The van der Waals surface area contributed by atoms with Crippen molar-refractivity contribution >= 4 is 15.9 Å². The number of amides is 1. The summed E-state index contributed by atoms with van der Waals surface area (Å²) in [6, 6.07) is 7.86. The van der Waals surface area contributed by atoms with Crippen molar-refractivity contribution in [2.45, 2.75) is 51.7 Å². The van der Waals surface area contributed by atoms with E-state index < -0.39 is 15.3 Å². The van der Waals surface area contributed by atoms with Crippen LogP contribution >= 0.6 is 0 Å². The molecule has 6 heteroatoms. The molecule has 0 heterocycles. The van der Waals surface area contributed by atoms with Crippen molar-refractivity contribution in [2.24, 2.45) is 0 Å². The molecule has 0 spiro atoms. The number of nitrogens with one attached hydrogen (secondary N) is 2. The second kappa shape index (κ2) is 10.2. The van der Waals surface area contributed by atoms with Crippen molar-refractivity contribution < 1.29 is 13.2 Å². The smallest absolute Gasteiger partial charge is 0.216 e. The van der Waals surface area contributed by atoms with Crippen LogP contribution in [0.3, 0.4) is 0 Å². The van der Waals surface area contributed by atoms with Gasteiger partial charge >= 0.3 is 0 Å². The maximum Gasteiger partial charge on any atom is 0.216 e. The minimum absolute atomic E-state index is 0.0200. The van der Waals surface area contributed by atoms with Gasteiger partial charge in [0.15, 0.2) is 0 Å². The zero-order valence-corrected chi connectivity index (χ0v) is 16.2. The van der Waals surface area contributed by atoms with E-state index in [1.807, 2.05) is 31.2 Å². The van der Waals surface area contributed by atoms with E-state index in [9.17, 15) is 13.2 Å². The van der Waals surface area contributed by atoms with Crippen LogP contribution in [0.25, 0.3) is 0 Å². The predicted molar refractivity (Wildman–Crippen MR) is 102 cm³/mol. The molecule has 1 unspecified atom stereocenters. The fourth-order valence-corrected chi connectivity index (χ4v) is 2.84. The lowest BCUT2D eigenvalue weighted by Gasteiger charge is -2.15. The van der Waals surface area contributed by atoms with Gasteiger partial charge in [0.25, 0.3) is 0 Å². The van der Waals surface area contributed by atoms with Crippen LogP contribution in [-0.4, -0.2) is 32.7 Å². The average molecular weight is 365 g/mol. The third-order valence-electron chi connectivity index (χ3n) is 3.78. The van der Waals surface area contributed by atoms with Crippen LogP contribution in [0.2, 0.25) is 0 Å². The Hall–Kier alpha value is -1.84. The molecule has 0 fully saturated rings. The van der Waals surface area contributed by atoms with E-state index >= 15 is 0 Å². The molecule has 0 saturated carbocycles. The van der Waals surface area contributed by atoms with Gasteiger partial charge in [-0.05, 0) is 43.9 Å². The maximum atomic E-state index is 11.8. The summed E-state index contributed by atoms with van der Waals surface area (Å²) < 4.78 is 26.2. The molecule has 0 aliphatic heterocycles. The Kier molecular flexibility index (Phi) is 8.67. The first-order valence-corrected chi connectivity index (χ1v) is 10.1. The molecule has 0 bridgehead atoms. The summed E-state index contributed by atoms with van der Waals surface area (Å²) in [5.41, 5.74) is 2.00. The first kappa shape index (κ1) is 21.2. The second-order valence-corrected chi connectivity index (χ2v) is 8.68. The van der Waals surface area contributed by atoms with Gasteiger partial charge in [-0.15, -0.1) is 0 Å². The van der Waals surface area contributed by atoms with Crippen LogP contribution in [0.1, 0.15) is 57.6 Å². The van der Waals surface area contributed by atoms with E-state index in [1.54, 1.807) is 13.8 Å². The normalized spacial score (nSPS) is 12.4. The van der Waals surface area contributed by atoms with Crippen molar-refractivity contribution in [1.29, 1.82) is 0 Å². The summed E-state index contributed by atoms with van der Waals surface area (Å²) in [4.78, 5) is 10.7. The minimum atomic E-state index is -3.23. The van der Waals surface area contributed by atoms with Crippen LogP contribution in [0.5, 0.6) is 0 Å². The molecule has 25 heavy (non-hydrogen) atoms. The molecule has 1 rings (SSSR count). The lowest BCUT2D eigenvalue weighted by atomic mass is 10.0. The number of hydrogen-bond acceptors (Lipinski definition) is 3. The first-order valence-electron chi connectivity index (χ1n) is 8.54. The first-order chi connectivity index (χ1) is 11.7. The number of hydrogen-bond donors (Lipinski definition) is 2. The second-order valence-electron chi connectivity index (χ2n) is 6.35. The Morgan fingerprint density at radius 1 is 1.16 bits per heavy atom. The Bertz CT molecular complexity index is 713. The zero-order valence-electron chi connectivity index (χ0n) is 15.4. The molecule has 1 aromatic rings. The number of sulfonamides is 1. The molecule has 0 saturated heterocycles. The zero-order chi connectivity index (χ0) is 18.9. The largest absolute Gasteiger partial charge is 0.356 e. The van der Waals surface area contributed by atoms with Crippen molar-refractivity contribution in [2.75, 3.05) is 13.1 Å². The van der Waals surface area contributed by atoms with Gasteiger partial charge in [-0.3, -0.25) is 4.79 Å². The van der Waals surface area contributed by atoms with E-state index in [2.05, 4.69) is 21.9 Å². The molecule has 1 atom stereocenters. The summed E-state index contributed by atoms with van der Waals surface area (Å²) in [7, 11) is -3.23. The van der Waals surface area contributed by atoms with Crippen molar-refractivity contribution in [3.05, 3.63) is 35.4 Å². The van der Waals surface area contributed by atoms with Crippen LogP contribution < -0.4 is 10.0 Å². The van der Waals surface area contributed by atoms with Gasteiger partial charge in [-0.2, -0.15) is 0 Å². The maximum absolute atomic E-state index is 11.8. The molecule has 0 aliphatic carbocycles.